The van der Waals surface area contributed by atoms with E-state index in [0.717, 1.165) is 13.1 Å². The summed E-state index contributed by atoms with van der Waals surface area (Å²) in [5, 5.41) is 0. The number of nitrogens with two attached hydrogens (primary N) is 1. The normalized spacial score (nSPS) is 14.1. The van der Waals surface area contributed by atoms with Crippen LogP contribution in [0.25, 0.3) is 0 Å². The Kier molecular flexibility index (Phi) is 3.33. The van der Waals surface area contributed by atoms with Gasteiger partial charge < -0.3 is 10.3 Å². The fourth-order valence-corrected chi connectivity index (χ4v) is 2.65. The predicted molar refractivity (Wildman–Crippen MR) is 77.9 cm³/mol. The number of hydrogen-bond acceptors (Lipinski definition) is 4. The summed E-state index contributed by atoms with van der Waals surface area (Å²) in [7, 11) is 0. The Hall–Kier alpha value is -2.07. The molecule has 1 aliphatic heterocycles. The van der Waals surface area contributed by atoms with E-state index >= 15 is 0 Å². The minimum Gasteiger partial charge on any atom is -0.367 e. The molecule has 2 heterocycles. The third-order valence-corrected chi connectivity index (χ3v) is 3.55. The number of aryl methyl sites for hydroxylation is 1. The zero-order valence-electron chi connectivity index (χ0n) is 10.8. The average molecular weight is 254 g/mol. The number of anilines is 2. The highest BCUT2D eigenvalue weighted by Gasteiger charge is 2.16. The molecule has 0 saturated heterocycles. The lowest BCUT2D eigenvalue weighted by molar-refractivity contribution is 0.691. The zero-order chi connectivity index (χ0) is 13.1. The first-order valence-corrected chi connectivity index (χ1v) is 6.61. The number of hydrogen-bond donors (Lipinski definition) is 2. The van der Waals surface area contributed by atoms with Gasteiger partial charge in [0.05, 0.1) is 0 Å². The van der Waals surface area contributed by atoms with Crippen molar-refractivity contribution in [1.82, 2.24) is 4.98 Å². The highest BCUT2D eigenvalue weighted by Crippen LogP contribution is 2.28. The van der Waals surface area contributed by atoms with Crippen LogP contribution in [-0.4, -0.2) is 11.5 Å². The van der Waals surface area contributed by atoms with Crippen molar-refractivity contribution < 1.29 is 0 Å². The standard InChI is InChI=1S/C15H18N4/c16-18-15-10-12(7-8-17-15)11-19-9-3-5-13-4-1-2-6-14(13)19/h1-2,4,6-8,10H,3,5,9,11,16H2,(H,17,18). The van der Waals surface area contributed by atoms with E-state index in [1.54, 1.807) is 6.20 Å². The summed E-state index contributed by atoms with van der Waals surface area (Å²) >= 11 is 0. The van der Waals surface area contributed by atoms with E-state index in [1.165, 1.54) is 29.7 Å². The molecule has 0 bridgehead atoms. The van der Waals surface area contributed by atoms with Crippen LogP contribution in [0.5, 0.6) is 0 Å². The summed E-state index contributed by atoms with van der Waals surface area (Å²) < 4.78 is 0. The number of benzene rings is 1. The lowest BCUT2D eigenvalue weighted by atomic mass is 10.0. The van der Waals surface area contributed by atoms with Gasteiger partial charge in [0.25, 0.3) is 0 Å². The van der Waals surface area contributed by atoms with Crippen molar-refractivity contribution >= 4 is 11.5 Å². The fraction of sp³-hybridized carbons (Fsp3) is 0.267. The number of nitrogen functional groups attached to an aromatic ring is 1. The summed E-state index contributed by atoms with van der Waals surface area (Å²) in [6, 6.07) is 12.7. The number of aromatic nitrogens is 1. The number of nitrogens with zero attached hydrogens (tertiary/aromatic N) is 2. The van der Waals surface area contributed by atoms with E-state index in [9.17, 15) is 0 Å². The lowest BCUT2D eigenvalue weighted by Gasteiger charge is -2.31. The Morgan fingerprint density at radius 3 is 3.05 bits per heavy atom. The molecule has 4 heteroatoms. The summed E-state index contributed by atoms with van der Waals surface area (Å²) in [5.41, 5.74) is 6.61. The molecule has 2 aromatic rings. The maximum atomic E-state index is 5.40. The maximum Gasteiger partial charge on any atom is 0.140 e. The molecule has 98 valence electrons. The molecule has 4 nitrogen and oxygen atoms in total. The highest BCUT2D eigenvalue weighted by atomic mass is 15.2. The van der Waals surface area contributed by atoms with E-state index in [-0.39, 0.29) is 0 Å². The van der Waals surface area contributed by atoms with Gasteiger partial charge in [0.15, 0.2) is 0 Å². The van der Waals surface area contributed by atoms with E-state index in [4.69, 9.17) is 5.84 Å². The van der Waals surface area contributed by atoms with Crippen LogP contribution >= 0.6 is 0 Å². The van der Waals surface area contributed by atoms with Crippen molar-refractivity contribution in [2.75, 3.05) is 16.9 Å². The van der Waals surface area contributed by atoms with Gasteiger partial charge in [0.2, 0.25) is 0 Å². The van der Waals surface area contributed by atoms with Gasteiger partial charge in [-0.05, 0) is 42.2 Å². The van der Waals surface area contributed by atoms with Gasteiger partial charge in [0, 0.05) is 25.0 Å². The Bertz CT molecular complexity index is 568. The van der Waals surface area contributed by atoms with Gasteiger partial charge in [-0.15, -0.1) is 0 Å². The van der Waals surface area contributed by atoms with Crippen LogP contribution in [0.2, 0.25) is 0 Å². The van der Waals surface area contributed by atoms with Crippen molar-refractivity contribution in [2.45, 2.75) is 19.4 Å². The Morgan fingerprint density at radius 2 is 2.16 bits per heavy atom. The molecule has 0 spiro atoms. The van der Waals surface area contributed by atoms with Crippen LogP contribution in [0, 0.1) is 0 Å². The molecule has 3 N–H and O–H groups in total. The van der Waals surface area contributed by atoms with Gasteiger partial charge in [-0.1, -0.05) is 18.2 Å². The van der Waals surface area contributed by atoms with Gasteiger partial charge in [0.1, 0.15) is 5.82 Å². The molecule has 0 amide bonds. The van der Waals surface area contributed by atoms with Gasteiger partial charge in [-0.25, -0.2) is 10.8 Å². The van der Waals surface area contributed by atoms with Crippen LogP contribution in [0.3, 0.4) is 0 Å². The molecule has 0 radical (unpaired) electrons. The molecular weight excluding hydrogens is 236 g/mol. The minimum absolute atomic E-state index is 0.711. The van der Waals surface area contributed by atoms with Crippen LogP contribution in [0.4, 0.5) is 11.5 Å². The largest absolute Gasteiger partial charge is 0.367 e. The Labute approximate surface area is 113 Å². The molecule has 0 saturated carbocycles. The molecule has 0 atom stereocenters. The molecule has 0 fully saturated rings. The first-order chi connectivity index (χ1) is 9.36. The number of rotatable bonds is 3. The van der Waals surface area contributed by atoms with Crippen molar-refractivity contribution in [3.63, 3.8) is 0 Å². The van der Waals surface area contributed by atoms with Crippen LogP contribution in [-0.2, 0) is 13.0 Å². The minimum atomic E-state index is 0.711. The highest BCUT2D eigenvalue weighted by molar-refractivity contribution is 5.56. The van der Waals surface area contributed by atoms with Crippen molar-refractivity contribution in [2.24, 2.45) is 5.84 Å². The summed E-state index contributed by atoms with van der Waals surface area (Å²) in [6.07, 6.45) is 4.18. The molecule has 1 aromatic carbocycles. The van der Waals surface area contributed by atoms with E-state index in [2.05, 4.69) is 39.6 Å². The molecular formula is C15H18N4. The number of nitrogens with one attached hydrogen (secondary N) is 1. The summed E-state index contributed by atoms with van der Waals surface area (Å²) in [6.45, 7) is 2.00. The van der Waals surface area contributed by atoms with Crippen molar-refractivity contribution in [1.29, 1.82) is 0 Å². The number of pyridine rings is 1. The number of para-hydroxylation sites is 1. The lowest BCUT2D eigenvalue weighted by Crippen LogP contribution is -2.28. The van der Waals surface area contributed by atoms with Crippen LogP contribution in [0.1, 0.15) is 17.5 Å². The van der Waals surface area contributed by atoms with E-state index in [0.29, 0.717) is 5.82 Å². The summed E-state index contributed by atoms with van der Waals surface area (Å²) in [4.78, 5) is 6.57. The topological polar surface area (TPSA) is 54.2 Å². The maximum absolute atomic E-state index is 5.40. The fourth-order valence-electron chi connectivity index (χ4n) is 2.65. The Morgan fingerprint density at radius 1 is 1.26 bits per heavy atom. The third kappa shape index (κ3) is 2.53. The third-order valence-electron chi connectivity index (χ3n) is 3.55. The predicted octanol–water partition coefficient (Wildman–Crippen LogP) is 2.32. The molecule has 0 aliphatic carbocycles. The van der Waals surface area contributed by atoms with E-state index in [1.807, 2.05) is 12.1 Å². The second-order valence-corrected chi connectivity index (χ2v) is 4.85. The quantitative estimate of drug-likeness (QED) is 0.652. The smallest absolute Gasteiger partial charge is 0.140 e. The molecule has 0 unspecified atom stereocenters. The first kappa shape index (κ1) is 12.0. The van der Waals surface area contributed by atoms with Gasteiger partial charge >= 0.3 is 0 Å². The number of hydrazine groups is 1. The summed E-state index contributed by atoms with van der Waals surface area (Å²) in [5.74, 6) is 6.11. The van der Waals surface area contributed by atoms with Crippen molar-refractivity contribution in [3.05, 3.63) is 53.7 Å². The van der Waals surface area contributed by atoms with E-state index < -0.39 is 0 Å². The Balaban J connectivity index is 1.84. The van der Waals surface area contributed by atoms with Gasteiger partial charge in [-0.3, -0.25) is 0 Å². The van der Waals surface area contributed by atoms with Crippen LogP contribution < -0.4 is 16.2 Å². The molecule has 1 aromatic heterocycles. The monoisotopic (exact) mass is 254 g/mol. The SMILES string of the molecule is NNc1cc(CN2CCCc3ccccc32)ccn1. The zero-order valence-corrected chi connectivity index (χ0v) is 10.8. The van der Waals surface area contributed by atoms with Gasteiger partial charge in [-0.2, -0.15) is 0 Å². The first-order valence-electron chi connectivity index (χ1n) is 6.61. The molecule has 1 aliphatic rings. The number of fused-ring (bicyclic) bond motifs is 1. The molecule has 3 rings (SSSR count). The molecule has 19 heavy (non-hydrogen) atoms. The average Bonchev–Trinajstić information content (AvgIpc) is 2.48. The second kappa shape index (κ2) is 5.28. The second-order valence-electron chi connectivity index (χ2n) is 4.85. The van der Waals surface area contributed by atoms with Crippen molar-refractivity contribution in [3.8, 4) is 0 Å². The van der Waals surface area contributed by atoms with Crippen LogP contribution in [0.15, 0.2) is 42.6 Å².